The second kappa shape index (κ2) is 6.98. The summed E-state index contributed by atoms with van der Waals surface area (Å²) in [5, 5.41) is 6.69. The highest BCUT2D eigenvalue weighted by Crippen LogP contribution is 2.29. The zero-order chi connectivity index (χ0) is 17.2. The molecule has 1 fully saturated rings. The van der Waals surface area contributed by atoms with E-state index in [1.54, 1.807) is 35.6 Å². The van der Waals surface area contributed by atoms with Gasteiger partial charge in [0.2, 0.25) is 11.7 Å². The van der Waals surface area contributed by atoms with Crippen molar-refractivity contribution in [3.63, 3.8) is 0 Å². The van der Waals surface area contributed by atoms with Crippen molar-refractivity contribution in [3.8, 4) is 10.7 Å². The lowest BCUT2D eigenvalue weighted by atomic mass is 9.97. The second-order valence-electron chi connectivity index (χ2n) is 6.03. The van der Waals surface area contributed by atoms with E-state index in [1.807, 2.05) is 22.4 Å². The summed E-state index contributed by atoms with van der Waals surface area (Å²) < 4.78 is 5.47. The Morgan fingerprint density at radius 1 is 1.28 bits per heavy atom. The molecule has 3 aromatic rings. The smallest absolute Gasteiger partial charge is 0.253 e. The number of hydrogen-bond donors (Lipinski definition) is 0. The highest BCUT2D eigenvalue weighted by atomic mass is 35.5. The molecule has 1 saturated heterocycles. The lowest BCUT2D eigenvalue weighted by Gasteiger charge is -2.31. The van der Waals surface area contributed by atoms with E-state index in [4.69, 9.17) is 16.1 Å². The maximum absolute atomic E-state index is 12.7. The molecule has 0 unspecified atom stereocenters. The van der Waals surface area contributed by atoms with Gasteiger partial charge in [0.25, 0.3) is 5.91 Å². The number of benzene rings is 1. The van der Waals surface area contributed by atoms with Crippen LogP contribution in [0.4, 0.5) is 0 Å². The van der Waals surface area contributed by atoms with Gasteiger partial charge < -0.3 is 9.42 Å². The molecule has 5 nitrogen and oxygen atoms in total. The maximum Gasteiger partial charge on any atom is 0.253 e. The summed E-state index contributed by atoms with van der Waals surface area (Å²) in [5.74, 6) is 1.31. The summed E-state index contributed by atoms with van der Waals surface area (Å²) in [4.78, 5) is 20.1. The first-order chi connectivity index (χ1) is 12.2. The summed E-state index contributed by atoms with van der Waals surface area (Å²) >= 11 is 7.48. The van der Waals surface area contributed by atoms with E-state index in [1.165, 1.54) is 0 Å². The van der Waals surface area contributed by atoms with Crippen molar-refractivity contribution in [2.75, 3.05) is 13.1 Å². The number of piperidine rings is 1. The zero-order valence-electron chi connectivity index (χ0n) is 13.4. The van der Waals surface area contributed by atoms with Gasteiger partial charge >= 0.3 is 0 Å². The van der Waals surface area contributed by atoms with E-state index in [9.17, 15) is 4.79 Å². The van der Waals surface area contributed by atoms with Gasteiger partial charge in [-0.1, -0.05) is 22.8 Å². The van der Waals surface area contributed by atoms with Crippen LogP contribution in [0.3, 0.4) is 0 Å². The number of hydrogen-bond acceptors (Lipinski definition) is 5. The minimum atomic E-state index is 0.0133. The predicted octanol–water partition coefficient (Wildman–Crippen LogP) is 4.47. The highest BCUT2D eigenvalue weighted by molar-refractivity contribution is 7.13. The molecule has 1 aromatic carbocycles. The van der Waals surface area contributed by atoms with Crippen LogP contribution >= 0.6 is 22.9 Å². The molecule has 2 aromatic heterocycles. The summed E-state index contributed by atoms with van der Waals surface area (Å²) in [6.45, 7) is 1.33. The van der Waals surface area contributed by atoms with Crippen molar-refractivity contribution < 1.29 is 9.32 Å². The van der Waals surface area contributed by atoms with E-state index in [0.29, 0.717) is 28.8 Å². The fourth-order valence-electron chi connectivity index (χ4n) is 3.05. The first kappa shape index (κ1) is 16.3. The minimum Gasteiger partial charge on any atom is -0.339 e. The van der Waals surface area contributed by atoms with Gasteiger partial charge in [-0.15, -0.1) is 11.3 Å². The van der Waals surface area contributed by atoms with Gasteiger partial charge in [-0.25, -0.2) is 0 Å². The highest BCUT2D eigenvalue weighted by Gasteiger charge is 2.29. The van der Waals surface area contributed by atoms with Gasteiger partial charge in [0.1, 0.15) is 0 Å². The van der Waals surface area contributed by atoms with Crippen LogP contribution in [0.2, 0.25) is 5.02 Å². The third kappa shape index (κ3) is 3.45. The standard InChI is InChI=1S/C18H16ClN3O2S/c19-14-7-5-12(6-8-14)18(23)22-9-1-3-13(11-22)17-20-16(21-24-17)15-4-2-10-25-15/h2,4-8,10,13H,1,3,9,11H2/t13-/m0/s1. The van der Waals surface area contributed by atoms with Crippen LogP contribution in [0.5, 0.6) is 0 Å². The first-order valence-electron chi connectivity index (χ1n) is 8.13. The Morgan fingerprint density at radius 2 is 2.12 bits per heavy atom. The van der Waals surface area contributed by atoms with Crippen LogP contribution in [0, 0.1) is 0 Å². The second-order valence-corrected chi connectivity index (χ2v) is 7.41. The predicted molar refractivity (Wildman–Crippen MR) is 96.9 cm³/mol. The molecule has 0 radical (unpaired) electrons. The fraction of sp³-hybridized carbons (Fsp3) is 0.278. The van der Waals surface area contributed by atoms with Crippen molar-refractivity contribution in [1.82, 2.24) is 15.0 Å². The van der Waals surface area contributed by atoms with Gasteiger partial charge in [0.05, 0.1) is 10.8 Å². The summed E-state index contributed by atoms with van der Waals surface area (Å²) in [7, 11) is 0. The van der Waals surface area contributed by atoms with Gasteiger partial charge in [0, 0.05) is 23.7 Å². The Morgan fingerprint density at radius 3 is 2.88 bits per heavy atom. The van der Waals surface area contributed by atoms with Gasteiger partial charge in [-0.2, -0.15) is 4.98 Å². The molecule has 0 aliphatic carbocycles. The van der Waals surface area contributed by atoms with Gasteiger partial charge in [-0.3, -0.25) is 4.79 Å². The van der Waals surface area contributed by atoms with Crippen LogP contribution < -0.4 is 0 Å². The van der Waals surface area contributed by atoms with E-state index in [0.717, 1.165) is 24.3 Å². The fourth-order valence-corrected chi connectivity index (χ4v) is 3.82. The summed E-state index contributed by atoms with van der Waals surface area (Å²) in [6, 6.07) is 10.9. The average molecular weight is 374 g/mol. The normalized spacial score (nSPS) is 17.6. The number of carbonyl (C=O) groups excluding carboxylic acids is 1. The Balaban J connectivity index is 1.49. The average Bonchev–Trinajstić information content (AvgIpc) is 3.33. The van der Waals surface area contributed by atoms with Crippen molar-refractivity contribution >= 4 is 28.8 Å². The molecular weight excluding hydrogens is 358 g/mol. The maximum atomic E-state index is 12.7. The Kier molecular flexibility index (Phi) is 4.55. The van der Waals surface area contributed by atoms with Crippen LogP contribution in [0.15, 0.2) is 46.3 Å². The molecule has 0 spiro atoms. The number of likely N-dealkylation sites (tertiary alicyclic amines) is 1. The molecule has 1 aliphatic rings. The third-order valence-electron chi connectivity index (χ3n) is 4.33. The largest absolute Gasteiger partial charge is 0.339 e. The molecule has 0 saturated carbocycles. The molecule has 0 bridgehead atoms. The van der Waals surface area contributed by atoms with Gasteiger partial charge in [-0.05, 0) is 48.6 Å². The van der Waals surface area contributed by atoms with E-state index in [-0.39, 0.29) is 11.8 Å². The van der Waals surface area contributed by atoms with Crippen molar-refractivity contribution in [3.05, 3.63) is 58.3 Å². The molecule has 3 heterocycles. The van der Waals surface area contributed by atoms with Crippen molar-refractivity contribution in [2.24, 2.45) is 0 Å². The topological polar surface area (TPSA) is 59.2 Å². The SMILES string of the molecule is O=C(c1ccc(Cl)cc1)N1CCC[C@H](c2nc(-c3cccs3)no2)C1. The van der Waals surface area contributed by atoms with Crippen LogP contribution in [0.25, 0.3) is 10.7 Å². The number of carbonyl (C=O) groups is 1. The number of aromatic nitrogens is 2. The van der Waals surface area contributed by atoms with E-state index in [2.05, 4.69) is 10.1 Å². The molecule has 1 atom stereocenters. The number of nitrogens with zero attached hydrogens (tertiary/aromatic N) is 3. The molecule has 7 heteroatoms. The van der Waals surface area contributed by atoms with E-state index < -0.39 is 0 Å². The number of halogens is 1. The Labute approximate surface area is 154 Å². The first-order valence-corrected chi connectivity index (χ1v) is 9.39. The van der Waals surface area contributed by atoms with Crippen LogP contribution in [-0.4, -0.2) is 34.0 Å². The van der Waals surface area contributed by atoms with Crippen molar-refractivity contribution in [1.29, 1.82) is 0 Å². The number of amides is 1. The third-order valence-corrected chi connectivity index (χ3v) is 5.45. The minimum absolute atomic E-state index is 0.0133. The summed E-state index contributed by atoms with van der Waals surface area (Å²) in [6.07, 6.45) is 1.86. The summed E-state index contributed by atoms with van der Waals surface area (Å²) in [5.41, 5.74) is 0.648. The lowest BCUT2D eigenvalue weighted by Crippen LogP contribution is -2.39. The molecule has 128 valence electrons. The van der Waals surface area contributed by atoms with Gasteiger partial charge in [0.15, 0.2) is 0 Å². The monoisotopic (exact) mass is 373 g/mol. The molecule has 25 heavy (non-hydrogen) atoms. The quantitative estimate of drug-likeness (QED) is 0.679. The molecule has 0 N–H and O–H groups in total. The molecule has 1 aliphatic heterocycles. The molecule has 4 rings (SSSR count). The lowest BCUT2D eigenvalue weighted by molar-refractivity contribution is 0.0695. The molecular formula is C18H16ClN3O2S. The van der Waals surface area contributed by atoms with Crippen LogP contribution in [0.1, 0.15) is 35.0 Å². The Bertz CT molecular complexity index is 861. The zero-order valence-corrected chi connectivity index (χ0v) is 15.0. The van der Waals surface area contributed by atoms with Crippen molar-refractivity contribution in [2.45, 2.75) is 18.8 Å². The van der Waals surface area contributed by atoms with Crippen LogP contribution in [-0.2, 0) is 0 Å². The number of rotatable bonds is 3. The number of thiophene rings is 1. The van der Waals surface area contributed by atoms with E-state index >= 15 is 0 Å². The Hall–Kier alpha value is -2.18. The molecule has 1 amide bonds.